The summed E-state index contributed by atoms with van der Waals surface area (Å²) in [5.41, 5.74) is 0.863. The molecule has 0 spiro atoms. The average Bonchev–Trinajstić information content (AvgIpc) is 2.88. The van der Waals surface area contributed by atoms with Crippen molar-refractivity contribution >= 4 is 11.6 Å². The van der Waals surface area contributed by atoms with Crippen LogP contribution in [0.3, 0.4) is 0 Å². The summed E-state index contributed by atoms with van der Waals surface area (Å²) in [6.07, 6.45) is -0.372. The molecule has 5 nitrogen and oxygen atoms in total. The van der Waals surface area contributed by atoms with E-state index in [0.717, 1.165) is 6.54 Å². The zero-order valence-corrected chi connectivity index (χ0v) is 11.6. The molecule has 1 aliphatic rings. The number of halogens is 1. The third-order valence-electron chi connectivity index (χ3n) is 3.07. The van der Waals surface area contributed by atoms with E-state index in [0.29, 0.717) is 24.2 Å². The van der Waals surface area contributed by atoms with Gasteiger partial charge < -0.3 is 15.1 Å². The summed E-state index contributed by atoms with van der Waals surface area (Å²) >= 11 is 0. The summed E-state index contributed by atoms with van der Waals surface area (Å²) in [5, 5.41) is 6.61. The van der Waals surface area contributed by atoms with Crippen LogP contribution in [0, 0.1) is 5.82 Å². The lowest BCUT2D eigenvalue weighted by atomic mass is 10.0. The van der Waals surface area contributed by atoms with E-state index in [-0.39, 0.29) is 11.7 Å². The number of carbonyl (C=O) groups is 1. The second kappa shape index (κ2) is 6.47. The van der Waals surface area contributed by atoms with Crippen LogP contribution in [0.15, 0.2) is 29.4 Å². The van der Waals surface area contributed by atoms with Crippen molar-refractivity contribution < 1.29 is 18.9 Å². The van der Waals surface area contributed by atoms with E-state index < -0.39 is 6.10 Å². The van der Waals surface area contributed by atoms with Crippen molar-refractivity contribution in [2.45, 2.75) is 12.5 Å². The molecule has 2 rings (SSSR count). The Morgan fingerprint density at radius 2 is 2.25 bits per heavy atom. The molecular weight excluding hydrogens is 261 g/mol. The lowest BCUT2D eigenvalue weighted by molar-refractivity contribution is -0.856. The third kappa shape index (κ3) is 3.54. The molecule has 1 amide bonds. The molecule has 2 N–H and O–H groups in total. The number of rotatable bonds is 5. The fourth-order valence-corrected chi connectivity index (χ4v) is 1.92. The van der Waals surface area contributed by atoms with Crippen molar-refractivity contribution in [3.8, 4) is 0 Å². The van der Waals surface area contributed by atoms with Crippen LogP contribution in [0.2, 0.25) is 0 Å². The van der Waals surface area contributed by atoms with Gasteiger partial charge in [0.2, 0.25) is 6.10 Å². The predicted molar refractivity (Wildman–Crippen MR) is 73.1 cm³/mol. The first-order chi connectivity index (χ1) is 9.58. The van der Waals surface area contributed by atoms with Gasteiger partial charge in [0.05, 0.1) is 32.9 Å². The quantitative estimate of drug-likeness (QED) is 0.770. The largest absolute Gasteiger partial charge is 0.382 e. The van der Waals surface area contributed by atoms with Crippen molar-refractivity contribution in [2.24, 2.45) is 5.16 Å². The summed E-state index contributed by atoms with van der Waals surface area (Å²) in [7, 11) is 4.02. The van der Waals surface area contributed by atoms with Gasteiger partial charge in [-0.25, -0.2) is 4.39 Å². The Labute approximate surface area is 117 Å². The van der Waals surface area contributed by atoms with Crippen LogP contribution in [-0.4, -0.2) is 44.9 Å². The Kier molecular flexibility index (Phi) is 4.68. The van der Waals surface area contributed by atoms with Gasteiger partial charge in [-0.15, -0.1) is 0 Å². The zero-order valence-electron chi connectivity index (χ0n) is 11.6. The van der Waals surface area contributed by atoms with E-state index in [2.05, 4.69) is 10.5 Å². The van der Waals surface area contributed by atoms with Crippen molar-refractivity contribution in [1.82, 2.24) is 5.32 Å². The lowest BCUT2D eigenvalue weighted by Crippen LogP contribution is -3.06. The molecule has 6 heteroatoms. The minimum atomic E-state index is -0.665. The minimum Gasteiger partial charge on any atom is -0.382 e. The van der Waals surface area contributed by atoms with Gasteiger partial charge in [-0.3, -0.25) is 4.79 Å². The number of nitrogens with zero attached hydrogens (tertiary/aromatic N) is 1. The average molecular weight is 280 g/mol. The first kappa shape index (κ1) is 14.5. The molecule has 0 aromatic heterocycles. The number of quaternary nitrogens is 1. The molecule has 1 heterocycles. The Bertz CT molecular complexity index is 517. The van der Waals surface area contributed by atoms with Crippen molar-refractivity contribution in [1.29, 1.82) is 0 Å². The molecule has 0 saturated carbocycles. The number of likely N-dealkylation sites (N-methyl/N-ethyl adjacent to an activating group) is 1. The number of carbonyl (C=O) groups excluding carboxylic acids is 1. The van der Waals surface area contributed by atoms with Crippen LogP contribution in [-0.2, 0) is 9.63 Å². The van der Waals surface area contributed by atoms with E-state index in [9.17, 15) is 9.18 Å². The Morgan fingerprint density at radius 3 is 2.95 bits per heavy atom. The standard InChI is InChI=1S/C14H18FN3O2/c1-18(2)8-7-16-14(19)13-9-12(17-20-13)10-5-3-4-6-11(10)15/h3-6,13H,7-9H2,1-2H3,(H,16,19)/p+1/t13-/m0/s1. The SMILES string of the molecule is C[NH+](C)CCNC(=O)[C@@H]1CC(c2ccccc2F)=NO1. The fraction of sp³-hybridized carbons (Fsp3) is 0.429. The molecule has 1 aliphatic heterocycles. The van der Waals surface area contributed by atoms with Gasteiger partial charge in [0, 0.05) is 12.0 Å². The topological polar surface area (TPSA) is 55.1 Å². The molecule has 1 aromatic carbocycles. The Morgan fingerprint density at radius 1 is 1.50 bits per heavy atom. The van der Waals surface area contributed by atoms with Gasteiger partial charge in [-0.05, 0) is 6.07 Å². The van der Waals surface area contributed by atoms with Crippen LogP contribution in [0.1, 0.15) is 12.0 Å². The van der Waals surface area contributed by atoms with E-state index in [1.54, 1.807) is 18.2 Å². The van der Waals surface area contributed by atoms with Crippen molar-refractivity contribution in [3.05, 3.63) is 35.6 Å². The summed E-state index contributed by atoms with van der Waals surface area (Å²) in [4.78, 5) is 18.2. The minimum absolute atomic E-state index is 0.207. The highest BCUT2D eigenvalue weighted by Gasteiger charge is 2.29. The molecule has 0 saturated heterocycles. The van der Waals surface area contributed by atoms with E-state index in [1.807, 2.05) is 14.1 Å². The lowest BCUT2D eigenvalue weighted by Gasteiger charge is -2.11. The molecule has 0 aliphatic carbocycles. The maximum atomic E-state index is 13.6. The highest BCUT2D eigenvalue weighted by molar-refractivity contribution is 6.04. The summed E-state index contributed by atoms with van der Waals surface area (Å²) in [6, 6.07) is 6.34. The number of hydrogen-bond acceptors (Lipinski definition) is 3. The smallest absolute Gasteiger partial charge is 0.264 e. The molecule has 20 heavy (non-hydrogen) atoms. The number of hydrogen-bond donors (Lipinski definition) is 2. The molecule has 0 bridgehead atoms. The monoisotopic (exact) mass is 280 g/mol. The molecule has 0 fully saturated rings. The molecule has 0 unspecified atom stereocenters. The molecule has 1 atom stereocenters. The number of amides is 1. The summed E-state index contributed by atoms with van der Waals surface area (Å²) < 4.78 is 13.6. The zero-order chi connectivity index (χ0) is 14.5. The number of nitrogens with one attached hydrogen (secondary N) is 2. The number of benzene rings is 1. The Hall–Kier alpha value is -1.95. The van der Waals surface area contributed by atoms with E-state index in [4.69, 9.17) is 4.84 Å². The van der Waals surface area contributed by atoms with Crippen LogP contribution >= 0.6 is 0 Å². The summed E-state index contributed by atoms with van der Waals surface area (Å²) in [6.45, 7) is 1.41. The van der Waals surface area contributed by atoms with Crippen molar-refractivity contribution in [2.75, 3.05) is 27.2 Å². The highest BCUT2D eigenvalue weighted by atomic mass is 19.1. The first-order valence-corrected chi connectivity index (χ1v) is 6.62. The maximum Gasteiger partial charge on any atom is 0.264 e. The van der Waals surface area contributed by atoms with Gasteiger partial charge in [0.25, 0.3) is 5.91 Å². The van der Waals surface area contributed by atoms with Gasteiger partial charge in [-0.1, -0.05) is 23.4 Å². The normalized spacial score (nSPS) is 17.8. The van der Waals surface area contributed by atoms with Gasteiger partial charge >= 0.3 is 0 Å². The van der Waals surface area contributed by atoms with E-state index in [1.165, 1.54) is 11.0 Å². The molecule has 0 radical (unpaired) electrons. The molecular formula is C14H19FN3O2+. The molecule has 1 aromatic rings. The number of oxime groups is 1. The van der Waals surface area contributed by atoms with Gasteiger partial charge in [0.1, 0.15) is 5.82 Å². The van der Waals surface area contributed by atoms with Crippen LogP contribution in [0.4, 0.5) is 4.39 Å². The van der Waals surface area contributed by atoms with Gasteiger partial charge in [-0.2, -0.15) is 0 Å². The van der Waals surface area contributed by atoms with Crippen LogP contribution in [0.25, 0.3) is 0 Å². The third-order valence-corrected chi connectivity index (χ3v) is 3.07. The summed E-state index contributed by atoms with van der Waals surface area (Å²) in [5.74, 6) is -0.562. The second-order valence-electron chi connectivity index (χ2n) is 5.06. The van der Waals surface area contributed by atoms with E-state index >= 15 is 0 Å². The fourth-order valence-electron chi connectivity index (χ4n) is 1.92. The van der Waals surface area contributed by atoms with Crippen molar-refractivity contribution in [3.63, 3.8) is 0 Å². The van der Waals surface area contributed by atoms with Crippen LogP contribution in [0.5, 0.6) is 0 Å². The Balaban J connectivity index is 1.88. The van der Waals surface area contributed by atoms with Gasteiger partial charge in [0.15, 0.2) is 0 Å². The molecule has 108 valence electrons. The van der Waals surface area contributed by atoms with Crippen LogP contribution < -0.4 is 10.2 Å². The highest BCUT2D eigenvalue weighted by Crippen LogP contribution is 2.18. The predicted octanol–water partition coefficient (Wildman–Crippen LogP) is -0.421. The maximum absolute atomic E-state index is 13.6. The first-order valence-electron chi connectivity index (χ1n) is 6.62. The second-order valence-corrected chi connectivity index (χ2v) is 5.06.